The van der Waals surface area contributed by atoms with Gasteiger partial charge in [0.25, 0.3) is 0 Å². The van der Waals surface area contributed by atoms with Gasteiger partial charge in [0.1, 0.15) is 0 Å². The highest BCUT2D eigenvalue weighted by atomic mass is 16.3. The Morgan fingerprint density at radius 2 is 2.00 bits per heavy atom. The molecule has 0 amide bonds. The summed E-state index contributed by atoms with van der Waals surface area (Å²) >= 11 is 0. The van der Waals surface area contributed by atoms with Gasteiger partial charge in [0.2, 0.25) is 0 Å². The lowest BCUT2D eigenvalue weighted by molar-refractivity contribution is 0.00962. The second-order valence-corrected chi connectivity index (χ2v) is 5.08. The van der Waals surface area contributed by atoms with E-state index in [0.717, 1.165) is 32.5 Å². The van der Waals surface area contributed by atoms with Crippen molar-refractivity contribution in [2.45, 2.75) is 39.2 Å². The van der Waals surface area contributed by atoms with Gasteiger partial charge in [-0.15, -0.1) is 0 Å². The van der Waals surface area contributed by atoms with Gasteiger partial charge in [0, 0.05) is 19.6 Å². The molecule has 4 heteroatoms. The van der Waals surface area contributed by atoms with Crippen LogP contribution in [-0.2, 0) is 0 Å². The molecule has 1 aliphatic rings. The number of rotatable bonds is 2. The molecule has 0 atom stereocenters. The predicted octanol–water partition coefficient (Wildman–Crippen LogP) is 0.804. The normalized spacial score (nSPS) is 22.2. The van der Waals surface area contributed by atoms with Gasteiger partial charge >= 0.3 is 0 Å². The molecule has 3 N–H and O–H groups in total. The van der Waals surface area contributed by atoms with E-state index in [2.05, 4.69) is 23.7 Å². The lowest BCUT2D eigenvalue weighted by atomic mass is 9.94. The molecule has 1 saturated heterocycles. The van der Waals surface area contributed by atoms with Crippen molar-refractivity contribution < 1.29 is 5.11 Å². The van der Waals surface area contributed by atoms with E-state index < -0.39 is 5.60 Å². The first-order chi connectivity index (χ1) is 6.91. The molecular formula is C11H23N3O. The van der Waals surface area contributed by atoms with Gasteiger partial charge in [-0.25, -0.2) is 0 Å². The Morgan fingerprint density at radius 1 is 1.47 bits per heavy atom. The van der Waals surface area contributed by atoms with E-state index in [-0.39, 0.29) is 0 Å². The van der Waals surface area contributed by atoms with Crippen LogP contribution in [0.25, 0.3) is 0 Å². The zero-order valence-electron chi connectivity index (χ0n) is 10.0. The molecule has 0 bridgehead atoms. The van der Waals surface area contributed by atoms with Gasteiger partial charge < -0.3 is 15.7 Å². The maximum Gasteiger partial charge on any atom is 0.191 e. The summed E-state index contributed by atoms with van der Waals surface area (Å²) in [4.78, 5) is 6.39. The quantitative estimate of drug-likeness (QED) is 0.527. The average Bonchev–Trinajstić information content (AvgIpc) is 2.14. The van der Waals surface area contributed by atoms with Crippen LogP contribution < -0.4 is 5.73 Å². The minimum atomic E-state index is -0.519. The summed E-state index contributed by atoms with van der Waals surface area (Å²) in [6, 6.07) is 0. The lowest BCUT2D eigenvalue weighted by Crippen LogP contribution is -2.48. The van der Waals surface area contributed by atoms with Crippen LogP contribution in [0.4, 0.5) is 0 Å². The number of hydrogen-bond donors (Lipinski definition) is 2. The fourth-order valence-electron chi connectivity index (χ4n) is 1.59. The van der Waals surface area contributed by atoms with Crippen molar-refractivity contribution in [1.29, 1.82) is 0 Å². The molecular weight excluding hydrogens is 190 g/mol. The average molecular weight is 213 g/mol. The molecule has 1 heterocycles. The predicted molar refractivity (Wildman–Crippen MR) is 62.8 cm³/mol. The third kappa shape index (κ3) is 4.08. The van der Waals surface area contributed by atoms with Gasteiger partial charge in [-0.2, -0.15) is 0 Å². The van der Waals surface area contributed by atoms with Gasteiger partial charge in [-0.3, -0.25) is 4.99 Å². The number of likely N-dealkylation sites (tertiary alicyclic amines) is 1. The molecule has 0 aromatic heterocycles. The number of nitrogens with zero attached hydrogens (tertiary/aromatic N) is 2. The van der Waals surface area contributed by atoms with Crippen molar-refractivity contribution in [3.63, 3.8) is 0 Å². The molecule has 1 aliphatic heterocycles. The summed E-state index contributed by atoms with van der Waals surface area (Å²) < 4.78 is 0. The molecule has 88 valence electrons. The standard InChI is InChI=1S/C11H23N3O/c1-9(2)8-13-10(12)14-6-4-11(3,15)5-7-14/h9,15H,4-8H2,1-3H3,(H2,12,13). The topological polar surface area (TPSA) is 61.8 Å². The van der Waals surface area contributed by atoms with E-state index in [0.29, 0.717) is 11.9 Å². The Labute approximate surface area is 92.2 Å². The summed E-state index contributed by atoms with van der Waals surface area (Å²) in [5.74, 6) is 1.16. The summed E-state index contributed by atoms with van der Waals surface area (Å²) in [6.45, 7) is 8.51. The minimum Gasteiger partial charge on any atom is -0.390 e. The molecule has 0 aromatic carbocycles. The largest absolute Gasteiger partial charge is 0.390 e. The van der Waals surface area contributed by atoms with Crippen LogP contribution in [-0.4, -0.2) is 41.2 Å². The highest BCUT2D eigenvalue weighted by molar-refractivity contribution is 5.78. The first-order valence-electron chi connectivity index (χ1n) is 5.68. The van der Waals surface area contributed by atoms with E-state index in [1.165, 1.54) is 0 Å². The molecule has 1 rings (SSSR count). The fraction of sp³-hybridized carbons (Fsp3) is 0.909. The third-order valence-electron chi connectivity index (χ3n) is 2.78. The third-order valence-corrected chi connectivity index (χ3v) is 2.78. The molecule has 0 aliphatic carbocycles. The van der Waals surface area contributed by atoms with Gasteiger partial charge in [0.15, 0.2) is 5.96 Å². The van der Waals surface area contributed by atoms with Gasteiger partial charge in [-0.1, -0.05) is 13.8 Å². The number of hydrogen-bond acceptors (Lipinski definition) is 2. The van der Waals surface area contributed by atoms with Crippen molar-refractivity contribution >= 4 is 5.96 Å². The Morgan fingerprint density at radius 3 is 2.47 bits per heavy atom. The van der Waals surface area contributed by atoms with E-state index in [4.69, 9.17) is 5.73 Å². The second-order valence-electron chi connectivity index (χ2n) is 5.08. The van der Waals surface area contributed by atoms with Crippen LogP contribution in [0.1, 0.15) is 33.6 Å². The van der Waals surface area contributed by atoms with Crippen molar-refractivity contribution in [3.8, 4) is 0 Å². The molecule has 15 heavy (non-hydrogen) atoms. The van der Waals surface area contributed by atoms with Crippen LogP contribution in [0.2, 0.25) is 0 Å². The van der Waals surface area contributed by atoms with Crippen LogP contribution in [0.15, 0.2) is 4.99 Å². The Hall–Kier alpha value is -0.770. The molecule has 0 radical (unpaired) electrons. The number of piperidine rings is 1. The lowest BCUT2D eigenvalue weighted by Gasteiger charge is -2.36. The Kier molecular flexibility index (Phi) is 3.97. The maximum atomic E-state index is 9.78. The first-order valence-corrected chi connectivity index (χ1v) is 5.68. The second kappa shape index (κ2) is 4.84. The zero-order chi connectivity index (χ0) is 11.5. The molecule has 4 nitrogen and oxygen atoms in total. The highest BCUT2D eigenvalue weighted by Crippen LogP contribution is 2.20. The fourth-order valence-corrected chi connectivity index (χ4v) is 1.59. The van der Waals surface area contributed by atoms with Crippen LogP contribution in [0.3, 0.4) is 0 Å². The molecule has 1 fully saturated rings. The number of guanidine groups is 1. The van der Waals surface area contributed by atoms with E-state index >= 15 is 0 Å². The van der Waals surface area contributed by atoms with E-state index in [1.807, 2.05) is 6.92 Å². The summed E-state index contributed by atoms with van der Waals surface area (Å²) in [6.07, 6.45) is 1.54. The molecule has 0 unspecified atom stereocenters. The number of nitrogens with two attached hydrogens (primary N) is 1. The van der Waals surface area contributed by atoms with Gasteiger partial charge in [0.05, 0.1) is 5.60 Å². The maximum absolute atomic E-state index is 9.78. The summed E-state index contributed by atoms with van der Waals surface area (Å²) in [5, 5.41) is 9.78. The number of aliphatic imine (C=N–C) groups is 1. The Bertz CT molecular complexity index is 226. The Balaban J connectivity index is 2.42. The monoisotopic (exact) mass is 213 g/mol. The summed E-state index contributed by atoms with van der Waals surface area (Å²) in [7, 11) is 0. The molecule has 0 saturated carbocycles. The van der Waals surface area contributed by atoms with Crippen molar-refractivity contribution in [2.24, 2.45) is 16.6 Å². The summed E-state index contributed by atoms with van der Waals surface area (Å²) in [5.41, 5.74) is 5.36. The van der Waals surface area contributed by atoms with Crippen LogP contribution >= 0.6 is 0 Å². The van der Waals surface area contributed by atoms with Gasteiger partial charge in [-0.05, 0) is 25.7 Å². The molecule has 0 spiro atoms. The highest BCUT2D eigenvalue weighted by Gasteiger charge is 2.27. The zero-order valence-corrected chi connectivity index (χ0v) is 10.0. The smallest absolute Gasteiger partial charge is 0.191 e. The van der Waals surface area contributed by atoms with Crippen molar-refractivity contribution in [1.82, 2.24) is 4.90 Å². The SMILES string of the molecule is CC(C)CN=C(N)N1CCC(C)(O)CC1. The molecule has 0 aromatic rings. The van der Waals surface area contributed by atoms with E-state index in [1.54, 1.807) is 0 Å². The van der Waals surface area contributed by atoms with Crippen LogP contribution in [0, 0.1) is 5.92 Å². The minimum absolute atomic E-state index is 0.519. The van der Waals surface area contributed by atoms with E-state index in [9.17, 15) is 5.11 Å². The number of aliphatic hydroxyl groups is 1. The first kappa shape index (κ1) is 12.3. The van der Waals surface area contributed by atoms with Crippen molar-refractivity contribution in [3.05, 3.63) is 0 Å². The van der Waals surface area contributed by atoms with Crippen molar-refractivity contribution in [2.75, 3.05) is 19.6 Å². The van der Waals surface area contributed by atoms with Crippen LogP contribution in [0.5, 0.6) is 0 Å².